The summed E-state index contributed by atoms with van der Waals surface area (Å²) in [6.45, 7) is 9.36. The molecule has 4 heteroatoms. The number of benzene rings is 4. The summed E-state index contributed by atoms with van der Waals surface area (Å²) in [5.41, 5.74) is 11.0. The largest absolute Gasteiger partial charge is 0.309 e. The molecule has 4 aromatic carbocycles. The summed E-state index contributed by atoms with van der Waals surface area (Å²) in [7, 11) is 0. The minimum absolute atomic E-state index is 0.156. The normalized spacial score (nSPS) is 13.8. The Bertz CT molecular complexity index is 2360. The van der Waals surface area contributed by atoms with Gasteiger partial charge in [-0.1, -0.05) is 69.0 Å². The molecule has 0 unspecified atom stereocenters. The standard InChI is InChI=1S/C42H33N2S2/c1-4-42(5-2)27(3)32-17-16-31(26-36(32)41-33-11-7-6-10-28(33)20-21-43(41)42)44-37-18-14-29(39-12-8-22-45-39)24-34(37)35-25-30(15-19-38(35)44)40-13-9-23-46-40/h6-26H,3-5H2,1-2H3/q+1. The first kappa shape index (κ1) is 27.5. The molecule has 1 aliphatic rings. The van der Waals surface area contributed by atoms with Crippen LogP contribution in [0.25, 0.3) is 76.0 Å². The molecule has 222 valence electrons. The molecule has 0 fully saturated rings. The number of nitrogens with zero attached hydrogens (tertiary/aromatic N) is 2. The van der Waals surface area contributed by atoms with E-state index in [2.05, 4.69) is 149 Å². The van der Waals surface area contributed by atoms with Crippen LogP contribution >= 0.6 is 22.7 Å². The highest BCUT2D eigenvalue weighted by Crippen LogP contribution is 2.47. The van der Waals surface area contributed by atoms with Crippen molar-refractivity contribution >= 4 is 60.8 Å². The second-order valence-corrected chi connectivity index (χ2v) is 14.2. The second kappa shape index (κ2) is 10.4. The molecule has 9 rings (SSSR count). The molecule has 1 aliphatic heterocycles. The number of thiophene rings is 2. The van der Waals surface area contributed by atoms with Gasteiger partial charge < -0.3 is 4.57 Å². The smallest absolute Gasteiger partial charge is 0.221 e. The summed E-state index contributed by atoms with van der Waals surface area (Å²) in [6, 6.07) is 40.8. The first-order valence-electron chi connectivity index (χ1n) is 16.1. The van der Waals surface area contributed by atoms with Crippen LogP contribution in [0.2, 0.25) is 0 Å². The fourth-order valence-electron chi connectivity index (χ4n) is 7.89. The van der Waals surface area contributed by atoms with Crippen molar-refractivity contribution in [3.63, 3.8) is 0 Å². The molecule has 0 amide bonds. The average Bonchev–Trinajstić information content (AvgIpc) is 3.89. The van der Waals surface area contributed by atoms with Crippen molar-refractivity contribution in [2.75, 3.05) is 0 Å². The van der Waals surface area contributed by atoms with Gasteiger partial charge in [0, 0.05) is 50.7 Å². The Kier molecular flexibility index (Phi) is 6.21. The van der Waals surface area contributed by atoms with E-state index in [4.69, 9.17) is 6.58 Å². The summed E-state index contributed by atoms with van der Waals surface area (Å²) in [5, 5.41) is 9.41. The predicted octanol–water partition coefficient (Wildman–Crippen LogP) is 11.9. The highest BCUT2D eigenvalue weighted by Gasteiger charge is 2.47. The third-order valence-corrected chi connectivity index (χ3v) is 12.1. The number of hydrogen-bond acceptors (Lipinski definition) is 2. The van der Waals surface area contributed by atoms with Crippen LogP contribution in [0.1, 0.15) is 32.3 Å². The topological polar surface area (TPSA) is 8.81 Å². The molecule has 46 heavy (non-hydrogen) atoms. The number of hydrogen-bond donors (Lipinski definition) is 0. The van der Waals surface area contributed by atoms with Crippen LogP contribution < -0.4 is 4.57 Å². The van der Waals surface area contributed by atoms with Crippen LogP contribution in [0, 0.1) is 0 Å². The number of allylic oxidation sites excluding steroid dienone is 1. The number of aromatic nitrogens is 2. The zero-order chi connectivity index (χ0) is 31.0. The van der Waals surface area contributed by atoms with Crippen LogP contribution in [0.3, 0.4) is 0 Å². The Balaban J connectivity index is 1.34. The predicted molar refractivity (Wildman–Crippen MR) is 198 cm³/mol. The van der Waals surface area contributed by atoms with E-state index in [1.165, 1.54) is 81.5 Å². The molecule has 0 N–H and O–H groups in total. The van der Waals surface area contributed by atoms with E-state index in [0.717, 1.165) is 12.8 Å². The lowest BCUT2D eigenvalue weighted by Crippen LogP contribution is -2.59. The second-order valence-electron chi connectivity index (χ2n) is 12.3. The average molecular weight is 630 g/mol. The molecule has 2 nitrogen and oxygen atoms in total. The van der Waals surface area contributed by atoms with Crippen molar-refractivity contribution < 1.29 is 4.57 Å². The lowest BCUT2D eigenvalue weighted by Gasteiger charge is -2.35. The van der Waals surface area contributed by atoms with Crippen LogP contribution in [0.15, 0.2) is 133 Å². The van der Waals surface area contributed by atoms with Gasteiger partial charge in [0.2, 0.25) is 5.69 Å². The fraction of sp³-hybridized carbons (Fsp3) is 0.119. The summed E-state index contributed by atoms with van der Waals surface area (Å²) in [4.78, 5) is 2.58. The molecule has 0 aliphatic carbocycles. The van der Waals surface area contributed by atoms with Crippen LogP contribution in [-0.4, -0.2) is 4.57 Å². The highest BCUT2D eigenvalue weighted by atomic mass is 32.1. The van der Waals surface area contributed by atoms with Gasteiger partial charge in [-0.2, -0.15) is 4.57 Å². The molecule has 0 atom stereocenters. The Morgan fingerprint density at radius 1 is 0.652 bits per heavy atom. The van der Waals surface area contributed by atoms with E-state index in [9.17, 15) is 0 Å². The number of fused-ring (bicyclic) bond motifs is 8. The van der Waals surface area contributed by atoms with Crippen molar-refractivity contribution in [2.45, 2.75) is 32.2 Å². The summed E-state index contributed by atoms with van der Waals surface area (Å²) in [5.74, 6) is 0. The van der Waals surface area contributed by atoms with E-state index >= 15 is 0 Å². The highest BCUT2D eigenvalue weighted by molar-refractivity contribution is 7.13. The van der Waals surface area contributed by atoms with Gasteiger partial charge in [0.25, 0.3) is 0 Å². The van der Waals surface area contributed by atoms with Crippen LogP contribution in [-0.2, 0) is 5.54 Å². The maximum Gasteiger partial charge on any atom is 0.221 e. The SMILES string of the molecule is C=C1c2ccc(-n3c4ccc(-c5cccs5)cc4c4cc(-c5cccs5)ccc43)cc2-c2c3ccccc3cc[n+]2C1(CC)CC. The summed E-state index contributed by atoms with van der Waals surface area (Å²) < 4.78 is 4.98. The Labute approximate surface area is 277 Å². The molecule has 8 aromatic rings. The van der Waals surface area contributed by atoms with Gasteiger partial charge in [-0.25, -0.2) is 0 Å². The monoisotopic (exact) mass is 629 g/mol. The minimum Gasteiger partial charge on any atom is -0.309 e. The van der Waals surface area contributed by atoms with Crippen molar-refractivity contribution in [3.05, 3.63) is 138 Å². The zero-order valence-electron chi connectivity index (χ0n) is 26.0. The van der Waals surface area contributed by atoms with Crippen LogP contribution in [0.5, 0.6) is 0 Å². The van der Waals surface area contributed by atoms with Gasteiger partial charge in [0.15, 0.2) is 11.7 Å². The van der Waals surface area contributed by atoms with E-state index in [0.29, 0.717) is 0 Å². The number of rotatable bonds is 5. The third kappa shape index (κ3) is 3.84. The molecule has 0 spiro atoms. The Morgan fingerprint density at radius 2 is 1.30 bits per heavy atom. The third-order valence-electron chi connectivity index (χ3n) is 10.3. The van der Waals surface area contributed by atoms with Gasteiger partial charge in [-0.05, 0) is 87.4 Å². The van der Waals surface area contributed by atoms with Crippen LogP contribution in [0.4, 0.5) is 0 Å². The van der Waals surface area contributed by atoms with E-state index < -0.39 is 0 Å². The molecule has 5 heterocycles. The Hall–Kier alpha value is -4.77. The molecular formula is C42H33N2S2+. The van der Waals surface area contributed by atoms with Crippen molar-refractivity contribution in [3.8, 4) is 37.8 Å². The maximum atomic E-state index is 4.76. The lowest BCUT2D eigenvalue weighted by molar-refractivity contribution is -0.740. The zero-order valence-corrected chi connectivity index (χ0v) is 27.6. The molecule has 0 bridgehead atoms. The quantitative estimate of drug-likeness (QED) is 0.168. The van der Waals surface area contributed by atoms with Gasteiger partial charge >= 0.3 is 0 Å². The first-order chi connectivity index (χ1) is 22.6. The van der Waals surface area contributed by atoms with Crippen molar-refractivity contribution in [1.82, 2.24) is 4.57 Å². The van der Waals surface area contributed by atoms with E-state index in [1.807, 2.05) is 0 Å². The first-order valence-corrected chi connectivity index (χ1v) is 17.8. The fourth-order valence-corrected chi connectivity index (χ4v) is 9.33. The Morgan fingerprint density at radius 3 is 1.91 bits per heavy atom. The number of pyridine rings is 1. The molecule has 0 saturated heterocycles. The van der Waals surface area contributed by atoms with Gasteiger partial charge in [-0.3, -0.25) is 0 Å². The molecule has 0 saturated carbocycles. The van der Waals surface area contributed by atoms with E-state index in [1.54, 1.807) is 22.7 Å². The van der Waals surface area contributed by atoms with Gasteiger partial charge in [-0.15, -0.1) is 22.7 Å². The van der Waals surface area contributed by atoms with Crippen molar-refractivity contribution in [1.29, 1.82) is 0 Å². The van der Waals surface area contributed by atoms with E-state index in [-0.39, 0.29) is 5.54 Å². The van der Waals surface area contributed by atoms with Gasteiger partial charge in [0.1, 0.15) is 0 Å². The molecular weight excluding hydrogens is 597 g/mol. The van der Waals surface area contributed by atoms with Gasteiger partial charge in [0.05, 0.1) is 22.0 Å². The minimum atomic E-state index is -0.156. The maximum absolute atomic E-state index is 4.76. The summed E-state index contributed by atoms with van der Waals surface area (Å²) >= 11 is 3.58. The lowest BCUT2D eigenvalue weighted by atomic mass is 9.75. The van der Waals surface area contributed by atoms with Crippen molar-refractivity contribution in [2.24, 2.45) is 0 Å². The molecule has 4 aromatic heterocycles. The molecule has 0 radical (unpaired) electrons. The summed E-state index contributed by atoms with van der Waals surface area (Å²) in [6.07, 6.45) is 4.28.